The average molecular weight is 309 g/mol. The molecule has 3 rings (SSSR count). The van der Waals surface area contributed by atoms with E-state index < -0.39 is 0 Å². The van der Waals surface area contributed by atoms with Gasteiger partial charge in [0.05, 0.1) is 14.2 Å². The molecule has 0 radical (unpaired) electrons. The van der Waals surface area contributed by atoms with Crippen molar-refractivity contribution in [1.82, 2.24) is 4.98 Å². The minimum atomic E-state index is -0.167. The van der Waals surface area contributed by atoms with Crippen LogP contribution in [-0.2, 0) is 0 Å². The molecule has 0 N–H and O–H groups in total. The van der Waals surface area contributed by atoms with Crippen LogP contribution in [0, 0.1) is 0 Å². The third-order valence-corrected chi connectivity index (χ3v) is 3.39. The van der Waals surface area contributed by atoms with Gasteiger partial charge in [-0.15, -0.1) is 0 Å². The molecule has 3 aromatic rings. The fraction of sp³-hybridized carbons (Fsp3) is 0.111. The topological polar surface area (TPSA) is 61.6 Å². The molecule has 0 saturated heterocycles. The van der Waals surface area contributed by atoms with Gasteiger partial charge in [-0.25, -0.2) is 0 Å². The van der Waals surface area contributed by atoms with E-state index in [1.165, 1.54) is 13.2 Å². The number of rotatable bonds is 4. The number of nitrogens with zero attached hydrogens (tertiary/aromatic N) is 1. The van der Waals surface area contributed by atoms with E-state index in [0.717, 1.165) is 5.56 Å². The summed E-state index contributed by atoms with van der Waals surface area (Å²) < 4.78 is 16.2. The zero-order chi connectivity index (χ0) is 16.2. The third-order valence-electron chi connectivity index (χ3n) is 3.39. The van der Waals surface area contributed by atoms with Crippen LogP contribution >= 0.6 is 0 Å². The summed E-state index contributed by atoms with van der Waals surface area (Å²) in [6, 6.07) is 8.49. The van der Waals surface area contributed by atoms with Crippen molar-refractivity contribution in [3.63, 3.8) is 0 Å². The monoisotopic (exact) mass is 309 g/mol. The summed E-state index contributed by atoms with van der Waals surface area (Å²) in [4.78, 5) is 16.3. The summed E-state index contributed by atoms with van der Waals surface area (Å²) in [5.41, 5.74) is 1.22. The molecule has 0 unspecified atom stereocenters. The molecule has 0 fully saturated rings. The lowest BCUT2D eigenvalue weighted by Crippen LogP contribution is -2.03. The van der Waals surface area contributed by atoms with Crippen molar-refractivity contribution < 1.29 is 13.9 Å². The number of methoxy groups -OCH3 is 2. The Morgan fingerprint density at radius 1 is 1.04 bits per heavy atom. The molecule has 2 aromatic heterocycles. The lowest BCUT2D eigenvalue weighted by atomic mass is 10.1. The van der Waals surface area contributed by atoms with Crippen molar-refractivity contribution in [2.24, 2.45) is 0 Å². The van der Waals surface area contributed by atoms with Gasteiger partial charge in [0, 0.05) is 30.6 Å². The van der Waals surface area contributed by atoms with Gasteiger partial charge in [-0.3, -0.25) is 9.78 Å². The van der Waals surface area contributed by atoms with Gasteiger partial charge in [0.2, 0.25) is 0 Å². The SMILES string of the molecule is COc1cc(OC)c2c(=O)cc(C=Cc3ccncc3)oc2c1. The highest BCUT2D eigenvalue weighted by Crippen LogP contribution is 2.29. The molecule has 0 atom stereocenters. The van der Waals surface area contributed by atoms with Crippen molar-refractivity contribution in [3.05, 3.63) is 64.3 Å². The molecule has 1 aromatic carbocycles. The largest absolute Gasteiger partial charge is 0.496 e. The minimum Gasteiger partial charge on any atom is -0.496 e. The zero-order valence-electron chi connectivity index (χ0n) is 12.8. The van der Waals surface area contributed by atoms with E-state index in [1.807, 2.05) is 18.2 Å². The van der Waals surface area contributed by atoms with Crippen LogP contribution in [0.4, 0.5) is 0 Å². The Kier molecular flexibility index (Phi) is 4.10. The smallest absolute Gasteiger partial charge is 0.197 e. The van der Waals surface area contributed by atoms with Crippen LogP contribution in [0.15, 0.2) is 51.9 Å². The Bertz CT molecular complexity index is 913. The first-order valence-corrected chi connectivity index (χ1v) is 6.99. The molecule has 0 aliphatic carbocycles. The molecular weight excluding hydrogens is 294 g/mol. The molecular formula is C18H15NO4. The Labute approximate surface area is 132 Å². The Morgan fingerprint density at radius 2 is 1.83 bits per heavy atom. The molecule has 5 nitrogen and oxygen atoms in total. The molecule has 0 aliphatic heterocycles. The van der Waals surface area contributed by atoms with Crippen molar-refractivity contribution in [1.29, 1.82) is 0 Å². The summed E-state index contributed by atoms with van der Waals surface area (Å²) in [6.45, 7) is 0. The second-order valence-electron chi connectivity index (χ2n) is 4.83. The highest BCUT2D eigenvalue weighted by molar-refractivity contribution is 5.86. The van der Waals surface area contributed by atoms with Crippen LogP contribution in [0.2, 0.25) is 0 Å². The summed E-state index contributed by atoms with van der Waals surface area (Å²) in [6.07, 6.45) is 6.99. The maximum absolute atomic E-state index is 12.4. The van der Waals surface area contributed by atoms with E-state index in [0.29, 0.717) is 28.2 Å². The Hall–Kier alpha value is -3.08. The Balaban J connectivity index is 2.10. The van der Waals surface area contributed by atoms with Gasteiger partial charge in [0.15, 0.2) is 5.43 Å². The maximum atomic E-state index is 12.4. The fourth-order valence-electron chi connectivity index (χ4n) is 2.26. The first-order valence-electron chi connectivity index (χ1n) is 6.99. The molecule has 23 heavy (non-hydrogen) atoms. The molecule has 5 heteroatoms. The van der Waals surface area contributed by atoms with Crippen LogP contribution in [0.25, 0.3) is 23.1 Å². The number of hydrogen-bond acceptors (Lipinski definition) is 5. The normalized spacial score (nSPS) is 11.0. The fourth-order valence-corrected chi connectivity index (χ4v) is 2.26. The third kappa shape index (κ3) is 3.08. The maximum Gasteiger partial charge on any atom is 0.197 e. The van der Waals surface area contributed by atoms with E-state index in [2.05, 4.69) is 4.98 Å². The van der Waals surface area contributed by atoms with Crippen LogP contribution in [-0.4, -0.2) is 19.2 Å². The summed E-state index contributed by atoms with van der Waals surface area (Å²) in [5, 5.41) is 0.398. The predicted molar refractivity (Wildman–Crippen MR) is 88.8 cm³/mol. The number of hydrogen-bond donors (Lipinski definition) is 0. The zero-order valence-corrected chi connectivity index (χ0v) is 12.8. The minimum absolute atomic E-state index is 0.167. The van der Waals surface area contributed by atoms with Crippen LogP contribution in [0.1, 0.15) is 11.3 Å². The molecule has 0 spiro atoms. The highest BCUT2D eigenvalue weighted by Gasteiger charge is 2.11. The molecule has 116 valence electrons. The molecule has 0 amide bonds. The lowest BCUT2D eigenvalue weighted by Gasteiger charge is -2.08. The lowest BCUT2D eigenvalue weighted by molar-refractivity contribution is 0.396. The van der Waals surface area contributed by atoms with E-state index in [9.17, 15) is 4.79 Å². The van der Waals surface area contributed by atoms with Crippen LogP contribution in [0.3, 0.4) is 0 Å². The Morgan fingerprint density at radius 3 is 2.52 bits per heavy atom. The predicted octanol–water partition coefficient (Wildman–Crippen LogP) is 3.38. The van der Waals surface area contributed by atoms with Gasteiger partial charge >= 0.3 is 0 Å². The highest BCUT2D eigenvalue weighted by atomic mass is 16.5. The van der Waals surface area contributed by atoms with Gasteiger partial charge in [-0.1, -0.05) is 6.08 Å². The number of aromatic nitrogens is 1. The molecule has 2 heterocycles. The second-order valence-corrected chi connectivity index (χ2v) is 4.83. The standard InChI is InChI=1S/C18H15NO4/c1-21-14-10-16(22-2)18-15(20)9-13(23-17(18)11-14)4-3-12-5-7-19-8-6-12/h3-11H,1-2H3. The van der Waals surface area contributed by atoms with Crippen molar-refractivity contribution in [2.75, 3.05) is 14.2 Å². The van der Waals surface area contributed by atoms with Crippen molar-refractivity contribution in [3.8, 4) is 11.5 Å². The van der Waals surface area contributed by atoms with E-state index in [4.69, 9.17) is 13.9 Å². The van der Waals surface area contributed by atoms with E-state index in [1.54, 1.807) is 37.7 Å². The molecule has 0 aliphatic rings. The first kappa shape index (κ1) is 14.8. The van der Waals surface area contributed by atoms with Crippen LogP contribution < -0.4 is 14.9 Å². The quantitative estimate of drug-likeness (QED) is 0.739. The number of fused-ring (bicyclic) bond motifs is 1. The van der Waals surface area contributed by atoms with Gasteiger partial charge in [0.25, 0.3) is 0 Å². The van der Waals surface area contributed by atoms with E-state index >= 15 is 0 Å². The van der Waals surface area contributed by atoms with E-state index in [-0.39, 0.29) is 5.43 Å². The summed E-state index contributed by atoms with van der Waals surface area (Å²) in [5.74, 6) is 1.44. The van der Waals surface area contributed by atoms with Crippen LogP contribution in [0.5, 0.6) is 11.5 Å². The van der Waals surface area contributed by atoms with Crippen molar-refractivity contribution in [2.45, 2.75) is 0 Å². The second kappa shape index (κ2) is 6.36. The summed E-state index contributed by atoms with van der Waals surface area (Å²) >= 11 is 0. The molecule has 0 saturated carbocycles. The van der Waals surface area contributed by atoms with Gasteiger partial charge in [0.1, 0.15) is 28.2 Å². The first-order chi connectivity index (χ1) is 11.2. The number of benzene rings is 1. The number of pyridine rings is 1. The average Bonchev–Trinajstić information content (AvgIpc) is 2.59. The number of ether oxygens (including phenoxy) is 2. The van der Waals surface area contributed by atoms with Crippen molar-refractivity contribution >= 4 is 23.1 Å². The van der Waals surface area contributed by atoms with Gasteiger partial charge < -0.3 is 13.9 Å². The van der Waals surface area contributed by atoms with Gasteiger partial charge in [-0.2, -0.15) is 0 Å². The summed E-state index contributed by atoms with van der Waals surface area (Å²) in [7, 11) is 3.05. The molecule has 0 bridgehead atoms. The van der Waals surface area contributed by atoms with Gasteiger partial charge in [-0.05, 0) is 23.8 Å².